The lowest BCUT2D eigenvalue weighted by Gasteiger charge is -2.18. The largest absolute Gasteiger partial charge is 0.297 e. The first-order valence-corrected chi connectivity index (χ1v) is 6.08. The summed E-state index contributed by atoms with van der Waals surface area (Å²) in [5, 5.41) is 8.46. The van der Waals surface area contributed by atoms with E-state index in [-0.39, 0.29) is 12.2 Å². The van der Waals surface area contributed by atoms with Crippen molar-refractivity contribution in [2.75, 3.05) is 13.6 Å². The summed E-state index contributed by atoms with van der Waals surface area (Å²) >= 11 is 0. The maximum Gasteiger partial charge on any atom is 0.160 e. The van der Waals surface area contributed by atoms with E-state index in [1.165, 1.54) is 22.3 Å². The highest BCUT2D eigenvalue weighted by atomic mass is 16.1. The number of carbonyl (C=O) groups excluding carboxylic acids is 1. The number of rotatable bonds is 5. The molecule has 0 bridgehead atoms. The Morgan fingerprint density at radius 1 is 1.22 bits per heavy atom. The number of Topliss-reactive ketones (excluding diaryl/α,β-unsaturated/α-hetero) is 1. The molecule has 0 radical (unpaired) electrons. The van der Waals surface area contributed by atoms with E-state index in [0.29, 0.717) is 6.54 Å². The number of hydrogen-bond acceptors (Lipinski definition) is 3. The highest BCUT2D eigenvalue weighted by Gasteiger charge is 2.09. The third-order valence-electron chi connectivity index (χ3n) is 3.12. The van der Waals surface area contributed by atoms with Crippen molar-refractivity contribution in [3.05, 3.63) is 34.4 Å². The van der Waals surface area contributed by atoms with E-state index in [4.69, 9.17) is 5.26 Å². The molecule has 0 fully saturated rings. The number of carbonyl (C=O) groups is 1. The fraction of sp³-hybridized carbons (Fsp3) is 0.467. The number of ketones is 1. The maximum atomic E-state index is 11.4. The van der Waals surface area contributed by atoms with E-state index in [0.717, 1.165) is 6.54 Å². The molecule has 0 aromatic heterocycles. The zero-order valence-corrected chi connectivity index (χ0v) is 11.6. The fourth-order valence-electron chi connectivity index (χ4n) is 1.98. The molecule has 0 aliphatic heterocycles. The predicted molar refractivity (Wildman–Crippen MR) is 72.2 cm³/mol. The zero-order chi connectivity index (χ0) is 13.7. The summed E-state index contributed by atoms with van der Waals surface area (Å²) in [6.07, 6.45) is -0.00372. The normalized spacial score (nSPS) is 10.4. The van der Waals surface area contributed by atoms with Crippen molar-refractivity contribution in [2.24, 2.45) is 0 Å². The second-order valence-corrected chi connectivity index (χ2v) is 4.91. The van der Waals surface area contributed by atoms with Crippen LogP contribution in [0.1, 0.15) is 28.7 Å². The van der Waals surface area contributed by atoms with Crippen LogP contribution in [0.25, 0.3) is 0 Å². The molecule has 0 saturated heterocycles. The van der Waals surface area contributed by atoms with Crippen molar-refractivity contribution >= 4 is 5.78 Å². The topological polar surface area (TPSA) is 44.1 Å². The first kappa shape index (κ1) is 14.4. The van der Waals surface area contributed by atoms with Crippen LogP contribution in [-0.4, -0.2) is 24.3 Å². The zero-order valence-electron chi connectivity index (χ0n) is 11.6. The third-order valence-corrected chi connectivity index (χ3v) is 3.12. The molecular weight excluding hydrogens is 224 g/mol. The standard InChI is InChI=1S/C15H20N2O/c1-11-7-13(3)14(8-12(11)2)9-17(4)10-15(18)5-6-16/h7-8H,5,9-10H2,1-4H3. The van der Waals surface area contributed by atoms with Gasteiger partial charge in [0.2, 0.25) is 0 Å². The molecule has 3 nitrogen and oxygen atoms in total. The minimum atomic E-state index is -0.0264. The van der Waals surface area contributed by atoms with Gasteiger partial charge in [0.05, 0.1) is 19.0 Å². The summed E-state index contributed by atoms with van der Waals surface area (Å²) in [5.41, 5.74) is 5.05. The summed E-state index contributed by atoms with van der Waals surface area (Å²) in [7, 11) is 1.91. The van der Waals surface area contributed by atoms with Gasteiger partial charge in [0.15, 0.2) is 5.78 Å². The van der Waals surface area contributed by atoms with E-state index < -0.39 is 0 Å². The van der Waals surface area contributed by atoms with Gasteiger partial charge in [0, 0.05) is 6.54 Å². The van der Waals surface area contributed by atoms with E-state index in [2.05, 4.69) is 32.9 Å². The Bertz CT molecular complexity index is 486. The number of hydrogen-bond donors (Lipinski definition) is 0. The number of nitriles is 1. The van der Waals surface area contributed by atoms with Crippen molar-refractivity contribution in [3.8, 4) is 6.07 Å². The first-order chi connectivity index (χ1) is 8.43. The van der Waals surface area contributed by atoms with Gasteiger partial charge in [0.25, 0.3) is 0 Å². The molecule has 0 amide bonds. The first-order valence-electron chi connectivity index (χ1n) is 6.08. The van der Waals surface area contributed by atoms with Crippen LogP contribution in [-0.2, 0) is 11.3 Å². The second-order valence-electron chi connectivity index (χ2n) is 4.91. The van der Waals surface area contributed by atoms with E-state index in [1.807, 2.05) is 18.0 Å². The Morgan fingerprint density at radius 2 is 1.83 bits per heavy atom. The molecule has 1 aromatic carbocycles. The lowest BCUT2D eigenvalue weighted by atomic mass is 10.0. The van der Waals surface area contributed by atoms with Crippen molar-refractivity contribution in [2.45, 2.75) is 33.7 Å². The van der Waals surface area contributed by atoms with Gasteiger partial charge < -0.3 is 0 Å². The van der Waals surface area contributed by atoms with Gasteiger partial charge in [-0.1, -0.05) is 12.1 Å². The smallest absolute Gasteiger partial charge is 0.160 e. The Labute approximate surface area is 109 Å². The SMILES string of the molecule is Cc1cc(C)c(CN(C)CC(=O)CC#N)cc1C. The van der Waals surface area contributed by atoms with Gasteiger partial charge in [-0.15, -0.1) is 0 Å². The monoisotopic (exact) mass is 244 g/mol. The van der Waals surface area contributed by atoms with Crippen LogP contribution in [0.3, 0.4) is 0 Å². The van der Waals surface area contributed by atoms with Gasteiger partial charge in [-0.2, -0.15) is 5.26 Å². The Hall–Kier alpha value is -1.66. The molecule has 0 atom stereocenters. The van der Waals surface area contributed by atoms with Gasteiger partial charge in [-0.3, -0.25) is 9.69 Å². The number of nitrogens with zero attached hydrogens (tertiary/aromatic N) is 2. The molecule has 0 N–H and O–H groups in total. The molecule has 0 aliphatic carbocycles. The third kappa shape index (κ3) is 3.97. The van der Waals surface area contributed by atoms with Crippen LogP contribution >= 0.6 is 0 Å². The van der Waals surface area contributed by atoms with E-state index in [1.54, 1.807) is 0 Å². The molecule has 0 aliphatic rings. The average Bonchev–Trinajstić information content (AvgIpc) is 2.26. The summed E-state index contributed by atoms with van der Waals surface area (Å²) in [6, 6.07) is 6.24. The quantitative estimate of drug-likeness (QED) is 0.799. The lowest BCUT2D eigenvalue weighted by Crippen LogP contribution is -2.25. The molecule has 1 rings (SSSR count). The minimum Gasteiger partial charge on any atom is -0.297 e. The van der Waals surface area contributed by atoms with Crippen LogP contribution < -0.4 is 0 Å². The highest BCUT2D eigenvalue weighted by Crippen LogP contribution is 2.16. The maximum absolute atomic E-state index is 11.4. The molecule has 96 valence electrons. The van der Waals surface area contributed by atoms with Crippen LogP contribution in [0, 0.1) is 32.1 Å². The summed E-state index contributed by atoms with van der Waals surface area (Å²) in [4.78, 5) is 13.3. The molecular formula is C15H20N2O. The summed E-state index contributed by atoms with van der Waals surface area (Å²) in [6.45, 7) is 7.36. The molecule has 1 aromatic rings. The van der Waals surface area contributed by atoms with Gasteiger partial charge >= 0.3 is 0 Å². The van der Waals surface area contributed by atoms with Crippen molar-refractivity contribution in [1.29, 1.82) is 5.26 Å². The number of likely N-dealkylation sites (N-methyl/N-ethyl adjacent to an activating group) is 1. The fourth-order valence-corrected chi connectivity index (χ4v) is 1.98. The Morgan fingerprint density at radius 3 is 2.44 bits per heavy atom. The van der Waals surface area contributed by atoms with Gasteiger partial charge in [0.1, 0.15) is 0 Å². The van der Waals surface area contributed by atoms with Crippen molar-refractivity contribution in [3.63, 3.8) is 0 Å². The minimum absolute atomic E-state index is 0.00372. The lowest BCUT2D eigenvalue weighted by molar-refractivity contribution is -0.119. The van der Waals surface area contributed by atoms with Crippen LogP contribution in [0.4, 0.5) is 0 Å². The van der Waals surface area contributed by atoms with Crippen LogP contribution in [0.5, 0.6) is 0 Å². The van der Waals surface area contributed by atoms with Crippen molar-refractivity contribution in [1.82, 2.24) is 4.90 Å². The Balaban J connectivity index is 2.70. The van der Waals surface area contributed by atoms with Gasteiger partial charge in [-0.25, -0.2) is 0 Å². The molecule has 0 unspecified atom stereocenters. The summed E-state index contributed by atoms with van der Waals surface area (Å²) < 4.78 is 0. The number of benzene rings is 1. The predicted octanol–water partition coefficient (Wildman–Crippen LogP) is 2.53. The molecule has 3 heteroatoms. The van der Waals surface area contributed by atoms with Crippen LogP contribution in [0.2, 0.25) is 0 Å². The Kier molecular flexibility index (Phi) is 5.06. The van der Waals surface area contributed by atoms with Gasteiger partial charge in [-0.05, 0) is 50.1 Å². The van der Waals surface area contributed by atoms with E-state index in [9.17, 15) is 4.79 Å². The van der Waals surface area contributed by atoms with Crippen molar-refractivity contribution < 1.29 is 4.79 Å². The molecule has 0 spiro atoms. The van der Waals surface area contributed by atoms with E-state index >= 15 is 0 Å². The number of aryl methyl sites for hydroxylation is 3. The second kappa shape index (κ2) is 6.32. The average molecular weight is 244 g/mol. The van der Waals surface area contributed by atoms with Crippen LogP contribution in [0.15, 0.2) is 12.1 Å². The highest BCUT2D eigenvalue weighted by molar-refractivity contribution is 5.82. The molecule has 18 heavy (non-hydrogen) atoms. The summed E-state index contributed by atoms with van der Waals surface area (Å²) in [5.74, 6) is -0.0264. The molecule has 0 saturated carbocycles. The molecule has 0 heterocycles.